The zero-order valence-corrected chi connectivity index (χ0v) is 13.1. The number of carbonyl (C=O) groups excluding carboxylic acids is 1. The molecule has 1 N–H and O–H groups in total. The van der Waals surface area contributed by atoms with E-state index >= 15 is 0 Å². The molecule has 0 unspecified atom stereocenters. The highest BCUT2D eigenvalue weighted by Gasteiger charge is 2.22. The summed E-state index contributed by atoms with van der Waals surface area (Å²) in [5, 5.41) is 3.04. The zero-order valence-electron chi connectivity index (χ0n) is 13.1. The van der Waals surface area contributed by atoms with Gasteiger partial charge in [0.25, 0.3) is 5.91 Å². The van der Waals surface area contributed by atoms with Crippen LogP contribution in [0, 0.1) is 0 Å². The van der Waals surface area contributed by atoms with Gasteiger partial charge in [-0.05, 0) is 18.1 Å². The predicted molar refractivity (Wildman–Crippen MR) is 91.5 cm³/mol. The Balaban J connectivity index is 1.62. The summed E-state index contributed by atoms with van der Waals surface area (Å²) in [6, 6.07) is 13.9. The van der Waals surface area contributed by atoms with Gasteiger partial charge in [0.05, 0.1) is 6.34 Å². The van der Waals surface area contributed by atoms with Crippen LogP contribution in [0.1, 0.15) is 16.9 Å². The van der Waals surface area contributed by atoms with E-state index < -0.39 is 0 Å². The number of benzene rings is 1. The predicted octanol–water partition coefficient (Wildman–Crippen LogP) is 2.21. The summed E-state index contributed by atoms with van der Waals surface area (Å²) < 4.78 is 0. The lowest BCUT2D eigenvalue weighted by molar-refractivity contribution is 0.0934. The van der Waals surface area contributed by atoms with Crippen LogP contribution in [0.15, 0.2) is 53.7 Å². The third-order valence-corrected chi connectivity index (χ3v) is 3.94. The molecule has 1 fully saturated rings. The first-order chi connectivity index (χ1) is 11.3. The SMILES string of the molecule is CN=CN1CC[C@@H](NC(=O)c2ccc(-c3ccccc3)cn2)C1. The monoisotopic (exact) mass is 308 g/mol. The molecule has 1 aromatic heterocycles. The van der Waals surface area contributed by atoms with E-state index in [0.717, 1.165) is 30.6 Å². The van der Waals surface area contributed by atoms with Crippen molar-refractivity contribution >= 4 is 12.2 Å². The van der Waals surface area contributed by atoms with Gasteiger partial charge in [-0.3, -0.25) is 14.8 Å². The minimum absolute atomic E-state index is 0.120. The van der Waals surface area contributed by atoms with Crippen molar-refractivity contribution in [1.29, 1.82) is 0 Å². The first-order valence-electron chi connectivity index (χ1n) is 7.75. The van der Waals surface area contributed by atoms with Gasteiger partial charge in [-0.25, -0.2) is 0 Å². The van der Waals surface area contributed by atoms with Crippen molar-refractivity contribution in [2.45, 2.75) is 12.5 Å². The molecule has 2 heterocycles. The average Bonchev–Trinajstić information content (AvgIpc) is 3.03. The Morgan fingerprint density at radius 1 is 1.26 bits per heavy atom. The van der Waals surface area contributed by atoms with Gasteiger partial charge in [0.15, 0.2) is 0 Å². The molecule has 23 heavy (non-hydrogen) atoms. The van der Waals surface area contributed by atoms with Crippen molar-refractivity contribution in [1.82, 2.24) is 15.2 Å². The maximum atomic E-state index is 12.3. The molecule has 0 spiro atoms. The van der Waals surface area contributed by atoms with Crippen LogP contribution < -0.4 is 5.32 Å². The highest BCUT2D eigenvalue weighted by molar-refractivity contribution is 5.92. The summed E-state index contributed by atoms with van der Waals surface area (Å²) in [6.45, 7) is 1.72. The van der Waals surface area contributed by atoms with E-state index in [-0.39, 0.29) is 11.9 Å². The van der Waals surface area contributed by atoms with Gasteiger partial charge in [-0.2, -0.15) is 0 Å². The quantitative estimate of drug-likeness (QED) is 0.696. The highest BCUT2D eigenvalue weighted by atomic mass is 16.1. The van der Waals surface area contributed by atoms with E-state index in [1.807, 2.05) is 42.7 Å². The Bertz CT molecular complexity index is 682. The van der Waals surface area contributed by atoms with Gasteiger partial charge in [-0.15, -0.1) is 0 Å². The second-order valence-corrected chi connectivity index (χ2v) is 5.63. The van der Waals surface area contributed by atoms with E-state index in [2.05, 4.69) is 20.2 Å². The number of amides is 1. The lowest BCUT2D eigenvalue weighted by atomic mass is 10.1. The molecule has 1 aromatic carbocycles. The molecule has 1 amide bonds. The molecule has 2 aromatic rings. The molecule has 0 radical (unpaired) electrons. The number of aromatic nitrogens is 1. The fourth-order valence-corrected chi connectivity index (χ4v) is 2.76. The highest BCUT2D eigenvalue weighted by Crippen LogP contribution is 2.17. The van der Waals surface area contributed by atoms with Crippen LogP contribution in [0.25, 0.3) is 11.1 Å². The number of aliphatic imine (C=N–C) groups is 1. The molecule has 1 aliphatic heterocycles. The van der Waals surface area contributed by atoms with Crippen LogP contribution in [0.3, 0.4) is 0 Å². The summed E-state index contributed by atoms with van der Waals surface area (Å²) in [5.74, 6) is -0.120. The molecule has 1 saturated heterocycles. The molecule has 5 nitrogen and oxygen atoms in total. The van der Waals surface area contributed by atoms with E-state index in [1.54, 1.807) is 19.3 Å². The largest absolute Gasteiger partial charge is 0.361 e. The van der Waals surface area contributed by atoms with E-state index in [9.17, 15) is 4.79 Å². The minimum Gasteiger partial charge on any atom is -0.361 e. The molecular formula is C18H20N4O. The number of hydrogen-bond donors (Lipinski definition) is 1. The summed E-state index contributed by atoms with van der Waals surface area (Å²) in [4.78, 5) is 22.7. The number of hydrogen-bond acceptors (Lipinski definition) is 3. The van der Waals surface area contributed by atoms with Crippen LogP contribution >= 0.6 is 0 Å². The van der Waals surface area contributed by atoms with Crippen LogP contribution in [0.4, 0.5) is 0 Å². The standard InChI is InChI=1S/C18H20N4O/c1-19-13-22-10-9-16(12-22)21-18(23)17-8-7-15(11-20-17)14-5-3-2-4-6-14/h2-8,11,13,16H,9-10,12H2,1H3,(H,21,23)/t16-/m1/s1. The van der Waals surface area contributed by atoms with E-state index in [0.29, 0.717) is 5.69 Å². The van der Waals surface area contributed by atoms with E-state index in [1.165, 1.54) is 0 Å². The van der Waals surface area contributed by atoms with Crippen LogP contribution in [-0.2, 0) is 0 Å². The molecule has 0 aliphatic carbocycles. The molecule has 3 rings (SSSR count). The fourth-order valence-electron chi connectivity index (χ4n) is 2.76. The topological polar surface area (TPSA) is 57.6 Å². The van der Waals surface area contributed by atoms with Crippen LogP contribution in [-0.4, -0.2) is 48.3 Å². The number of rotatable bonds is 4. The van der Waals surface area contributed by atoms with Crippen LogP contribution in [0.2, 0.25) is 0 Å². The summed E-state index contributed by atoms with van der Waals surface area (Å²) >= 11 is 0. The van der Waals surface area contributed by atoms with Gasteiger partial charge in [0.1, 0.15) is 5.69 Å². The molecule has 5 heteroatoms. The first kappa shape index (κ1) is 15.2. The van der Waals surface area contributed by atoms with Crippen molar-refractivity contribution < 1.29 is 4.79 Å². The zero-order chi connectivity index (χ0) is 16.1. The first-order valence-corrected chi connectivity index (χ1v) is 7.75. The third-order valence-electron chi connectivity index (χ3n) is 3.94. The number of carbonyl (C=O) groups is 1. The molecule has 0 saturated carbocycles. The number of nitrogens with zero attached hydrogens (tertiary/aromatic N) is 3. The lowest BCUT2D eigenvalue weighted by Crippen LogP contribution is -2.37. The summed E-state index contributed by atoms with van der Waals surface area (Å²) in [7, 11) is 1.75. The normalized spacial score (nSPS) is 17.6. The van der Waals surface area contributed by atoms with Crippen molar-refractivity contribution in [3.63, 3.8) is 0 Å². The molecular weight excluding hydrogens is 288 g/mol. The van der Waals surface area contributed by atoms with Crippen LogP contribution in [0.5, 0.6) is 0 Å². The summed E-state index contributed by atoms with van der Waals surface area (Å²) in [6.07, 6.45) is 4.49. The Morgan fingerprint density at radius 3 is 2.78 bits per heavy atom. The van der Waals surface area contributed by atoms with Crippen molar-refractivity contribution in [2.24, 2.45) is 4.99 Å². The summed E-state index contributed by atoms with van der Waals surface area (Å²) in [5.41, 5.74) is 2.55. The Kier molecular flexibility index (Phi) is 4.66. The molecule has 1 atom stereocenters. The molecule has 0 bridgehead atoms. The Labute approximate surface area is 136 Å². The van der Waals surface area contributed by atoms with Gasteiger partial charge in [0.2, 0.25) is 0 Å². The number of nitrogens with one attached hydrogen (secondary N) is 1. The van der Waals surface area contributed by atoms with Gasteiger partial charge in [0, 0.05) is 37.9 Å². The smallest absolute Gasteiger partial charge is 0.270 e. The molecule has 118 valence electrons. The van der Waals surface area contributed by atoms with Crippen molar-refractivity contribution in [2.75, 3.05) is 20.1 Å². The molecule has 1 aliphatic rings. The Morgan fingerprint density at radius 2 is 2.09 bits per heavy atom. The van der Waals surface area contributed by atoms with Gasteiger partial charge < -0.3 is 10.2 Å². The number of pyridine rings is 1. The fraction of sp³-hybridized carbons (Fsp3) is 0.278. The maximum absolute atomic E-state index is 12.3. The minimum atomic E-state index is -0.120. The second kappa shape index (κ2) is 7.05. The third kappa shape index (κ3) is 3.74. The Hall–Kier alpha value is -2.69. The van der Waals surface area contributed by atoms with Gasteiger partial charge in [-0.1, -0.05) is 36.4 Å². The van der Waals surface area contributed by atoms with Crippen molar-refractivity contribution in [3.8, 4) is 11.1 Å². The number of likely N-dealkylation sites (tertiary alicyclic amines) is 1. The second-order valence-electron chi connectivity index (χ2n) is 5.63. The maximum Gasteiger partial charge on any atom is 0.270 e. The van der Waals surface area contributed by atoms with Gasteiger partial charge >= 0.3 is 0 Å². The van der Waals surface area contributed by atoms with E-state index in [4.69, 9.17) is 0 Å². The van der Waals surface area contributed by atoms with Crippen molar-refractivity contribution in [3.05, 3.63) is 54.4 Å². The lowest BCUT2D eigenvalue weighted by Gasteiger charge is -2.13. The average molecular weight is 308 g/mol.